The first-order valence-electron chi connectivity index (χ1n) is 5.42. The van der Waals surface area contributed by atoms with Crippen LogP contribution >= 0.6 is 27.5 Å². The van der Waals surface area contributed by atoms with E-state index in [4.69, 9.17) is 17.3 Å². The Balaban J connectivity index is 2.81. The molecule has 0 amide bonds. The largest absolute Gasteiger partial charge is 0.370 e. The van der Waals surface area contributed by atoms with Gasteiger partial charge in [-0.25, -0.2) is 0 Å². The Hall–Kier alpha value is -0.740. The number of nitrogens with one attached hydrogen (secondary N) is 1. The van der Waals surface area contributed by atoms with Crippen molar-refractivity contribution in [3.63, 3.8) is 0 Å². The number of guanidine groups is 1. The van der Waals surface area contributed by atoms with Gasteiger partial charge in [-0.05, 0) is 46.5 Å². The molecular formula is C12H17BrClN3. The van der Waals surface area contributed by atoms with E-state index in [1.165, 1.54) is 0 Å². The highest BCUT2D eigenvalue weighted by Gasteiger charge is 2.05. The molecule has 1 aromatic carbocycles. The van der Waals surface area contributed by atoms with E-state index in [1.54, 1.807) is 0 Å². The standard InChI is InChI=1S/C12H17BrClN3/c1-7(2)6-16-12(15)17-11-5-10(14)8(3)4-9(11)13/h4-5,7H,6H2,1-3H3,(H3,15,16,17). The number of nitrogens with zero attached hydrogens (tertiary/aromatic N) is 1. The van der Waals surface area contributed by atoms with Crippen LogP contribution in [0.3, 0.4) is 0 Å². The van der Waals surface area contributed by atoms with Crippen LogP contribution in [0.25, 0.3) is 0 Å². The summed E-state index contributed by atoms with van der Waals surface area (Å²) in [6.45, 7) is 6.84. The van der Waals surface area contributed by atoms with Gasteiger partial charge in [0, 0.05) is 16.0 Å². The molecule has 3 nitrogen and oxygen atoms in total. The summed E-state index contributed by atoms with van der Waals surface area (Å²) < 4.78 is 0.919. The summed E-state index contributed by atoms with van der Waals surface area (Å²) in [7, 11) is 0. The topological polar surface area (TPSA) is 50.4 Å². The van der Waals surface area contributed by atoms with Gasteiger partial charge in [-0.1, -0.05) is 25.4 Å². The number of aryl methyl sites for hydroxylation is 1. The van der Waals surface area contributed by atoms with Crippen molar-refractivity contribution in [1.82, 2.24) is 0 Å². The minimum absolute atomic E-state index is 0.402. The highest BCUT2D eigenvalue weighted by atomic mass is 79.9. The second-order valence-corrected chi connectivity index (χ2v) is 5.59. The van der Waals surface area contributed by atoms with Crippen LogP contribution < -0.4 is 11.1 Å². The fourth-order valence-corrected chi connectivity index (χ4v) is 1.92. The van der Waals surface area contributed by atoms with Gasteiger partial charge >= 0.3 is 0 Å². The maximum atomic E-state index is 6.06. The zero-order chi connectivity index (χ0) is 13.0. The lowest BCUT2D eigenvalue weighted by atomic mass is 10.2. The number of rotatable bonds is 3. The molecule has 0 spiro atoms. The Morgan fingerprint density at radius 3 is 2.76 bits per heavy atom. The highest BCUT2D eigenvalue weighted by molar-refractivity contribution is 9.10. The third-order valence-electron chi connectivity index (χ3n) is 2.14. The third kappa shape index (κ3) is 4.56. The van der Waals surface area contributed by atoms with Crippen molar-refractivity contribution in [2.75, 3.05) is 11.9 Å². The summed E-state index contributed by atoms with van der Waals surface area (Å²) in [6.07, 6.45) is 0. The Morgan fingerprint density at radius 1 is 1.53 bits per heavy atom. The molecule has 1 aromatic rings. The quantitative estimate of drug-likeness (QED) is 0.658. The van der Waals surface area contributed by atoms with Crippen LogP contribution in [0.4, 0.5) is 5.69 Å². The molecule has 0 unspecified atom stereocenters. The first kappa shape index (κ1) is 14.3. The summed E-state index contributed by atoms with van der Waals surface area (Å²) in [4.78, 5) is 4.23. The Morgan fingerprint density at radius 2 is 2.18 bits per heavy atom. The zero-order valence-corrected chi connectivity index (χ0v) is 12.6. The first-order valence-corrected chi connectivity index (χ1v) is 6.60. The lowest BCUT2D eigenvalue weighted by Gasteiger charge is -2.10. The normalized spacial score (nSPS) is 12.0. The summed E-state index contributed by atoms with van der Waals surface area (Å²) in [5, 5.41) is 3.73. The SMILES string of the molecule is Cc1cc(Br)c(NC(N)=NCC(C)C)cc1Cl. The van der Waals surface area contributed by atoms with Crippen LogP contribution in [-0.2, 0) is 0 Å². The minimum atomic E-state index is 0.402. The molecule has 0 radical (unpaired) electrons. The van der Waals surface area contributed by atoms with Gasteiger partial charge in [0.1, 0.15) is 0 Å². The fraction of sp³-hybridized carbons (Fsp3) is 0.417. The average Bonchev–Trinajstić information content (AvgIpc) is 2.23. The Kier molecular flexibility index (Phi) is 5.28. The van der Waals surface area contributed by atoms with Crippen molar-refractivity contribution in [1.29, 1.82) is 0 Å². The molecule has 5 heteroatoms. The van der Waals surface area contributed by atoms with E-state index in [0.717, 1.165) is 15.7 Å². The summed E-state index contributed by atoms with van der Waals surface area (Å²) in [5.74, 6) is 0.889. The fourth-order valence-electron chi connectivity index (χ4n) is 1.20. The maximum absolute atomic E-state index is 6.06. The lowest BCUT2D eigenvalue weighted by molar-refractivity contribution is 0.665. The lowest BCUT2D eigenvalue weighted by Crippen LogP contribution is -2.23. The Labute approximate surface area is 116 Å². The molecule has 0 saturated heterocycles. The molecular weight excluding hydrogens is 302 g/mol. The number of benzene rings is 1. The summed E-state index contributed by atoms with van der Waals surface area (Å²) in [5.41, 5.74) is 7.63. The van der Waals surface area contributed by atoms with Gasteiger partial charge in [0.15, 0.2) is 5.96 Å². The molecule has 0 aliphatic heterocycles. The van der Waals surface area contributed by atoms with Crippen LogP contribution in [0.1, 0.15) is 19.4 Å². The van der Waals surface area contributed by atoms with Crippen molar-refractivity contribution in [3.8, 4) is 0 Å². The van der Waals surface area contributed by atoms with E-state index in [1.807, 2.05) is 19.1 Å². The molecule has 0 aromatic heterocycles. The number of hydrogen-bond donors (Lipinski definition) is 2. The van der Waals surface area contributed by atoms with E-state index in [9.17, 15) is 0 Å². The molecule has 0 fully saturated rings. The van der Waals surface area contributed by atoms with E-state index in [-0.39, 0.29) is 0 Å². The van der Waals surface area contributed by atoms with Gasteiger partial charge < -0.3 is 11.1 Å². The maximum Gasteiger partial charge on any atom is 0.193 e. The minimum Gasteiger partial charge on any atom is -0.370 e. The van der Waals surface area contributed by atoms with Crippen molar-refractivity contribution in [2.24, 2.45) is 16.6 Å². The molecule has 0 heterocycles. The van der Waals surface area contributed by atoms with Gasteiger partial charge in [0.2, 0.25) is 0 Å². The predicted molar refractivity (Wildman–Crippen MR) is 78.8 cm³/mol. The molecule has 0 bridgehead atoms. The van der Waals surface area contributed by atoms with Crippen LogP contribution in [0.15, 0.2) is 21.6 Å². The van der Waals surface area contributed by atoms with Crippen molar-refractivity contribution in [3.05, 3.63) is 27.2 Å². The molecule has 0 aliphatic rings. The number of aliphatic imine (C=N–C) groups is 1. The van der Waals surface area contributed by atoms with Crippen LogP contribution in [0.5, 0.6) is 0 Å². The highest BCUT2D eigenvalue weighted by Crippen LogP contribution is 2.28. The molecule has 1 rings (SSSR count). The second kappa shape index (κ2) is 6.26. The molecule has 3 N–H and O–H groups in total. The molecule has 0 saturated carbocycles. The van der Waals surface area contributed by atoms with Gasteiger partial charge in [-0.15, -0.1) is 0 Å². The first-order chi connectivity index (χ1) is 7.90. The monoisotopic (exact) mass is 317 g/mol. The number of nitrogens with two attached hydrogens (primary N) is 1. The van der Waals surface area contributed by atoms with E-state index in [2.05, 4.69) is 40.1 Å². The van der Waals surface area contributed by atoms with Crippen molar-refractivity contribution in [2.45, 2.75) is 20.8 Å². The number of halogens is 2. The molecule has 17 heavy (non-hydrogen) atoms. The van der Waals surface area contributed by atoms with Crippen LogP contribution in [0.2, 0.25) is 5.02 Å². The van der Waals surface area contributed by atoms with Gasteiger partial charge in [0.25, 0.3) is 0 Å². The summed E-state index contributed by atoms with van der Waals surface area (Å²) >= 11 is 9.51. The smallest absolute Gasteiger partial charge is 0.193 e. The van der Waals surface area contributed by atoms with Crippen LogP contribution in [0, 0.1) is 12.8 Å². The number of hydrogen-bond acceptors (Lipinski definition) is 1. The van der Waals surface area contributed by atoms with Gasteiger partial charge in [-0.2, -0.15) is 0 Å². The average molecular weight is 319 g/mol. The van der Waals surface area contributed by atoms with Crippen molar-refractivity contribution >= 4 is 39.2 Å². The number of anilines is 1. The van der Waals surface area contributed by atoms with Gasteiger partial charge in [0.05, 0.1) is 5.69 Å². The zero-order valence-electron chi connectivity index (χ0n) is 10.2. The second-order valence-electron chi connectivity index (χ2n) is 4.33. The molecule has 94 valence electrons. The van der Waals surface area contributed by atoms with Crippen molar-refractivity contribution < 1.29 is 0 Å². The van der Waals surface area contributed by atoms with E-state index < -0.39 is 0 Å². The predicted octanol–water partition coefficient (Wildman–Crippen LogP) is 3.79. The summed E-state index contributed by atoms with van der Waals surface area (Å²) in [6, 6.07) is 3.78. The molecule has 0 aliphatic carbocycles. The Bertz CT molecular complexity index is 430. The van der Waals surface area contributed by atoms with Gasteiger partial charge in [-0.3, -0.25) is 4.99 Å². The molecule has 0 atom stereocenters. The van der Waals surface area contributed by atoms with Crippen LogP contribution in [-0.4, -0.2) is 12.5 Å². The third-order valence-corrected chi connectivity index (χ3v) is 3.20. The van der Waals surface area contributed by atoms with E-state index in [0.29, 0.717) is 23.4 Å². The van der Waals surface area contributed by atoms with E-state index >= 15 is 0 Å².